The molecule has 1 heteroatoms. The Morgan fingerprint density at radius 1 is 0.917 bits per heavy atom. The molecule has 0 bridgehead atoms. The van der Waals surface area contributed by atoms with E-state index in [1.807, 2.05) is 18.2 Å². The van der Waals surface area contributed by atoms with Gasteiger partial charge in [-0.15, -0.1) is 0 Å². The highest BCUT2D eigenvalue weighted by molar-refractivity contribution is 5.03. The zero-order valence-electron chi connectivity index (χ0n) is 7.32. The Labute approximate surface area is 74.4 Å². The molecule has 0 radical (unpaired) electrons. The van der Waals surface area contributed by atoms with Crippen molar-refractivity contribution in [3.8, 4) is 0 Å². The van der Waals surface area contributed by atoms with Gasteiger partial charge in [-0.25, -0.2) is 0 Å². The molecule has 66 valence electrons. The Morgan fingerprint density at radius 3 is 2.08 bits per heavy atom. The Balaban J connectivity index is 3.29. The van der Waals surface area contributed by atoms with Gasteiger partial charge in [0.1, 0.15) is 0 Å². The Bertz CT molecular complexity index is 175. The summed E-state index contributed by atoms with van der Waals surface area (Å²) in [5.41, 5.74) is 0. The summed E-state index contributed by atoms with van der Waals surface area (Å²) in [6, 6.07) is 0. The van der Waals surface area contributed by atoms with E-state index in [0.717, 1.165) is 12.8 Å². The maximum atomic E-state index is 8.40. The Hall–Kier alpha value is -1.08. The number of aliphatic hydroxyl groups is 1. The average molecular weight is 164 g/mol. The quantitative estimate of drug-likeness (QED) is 0.472. The first kappa shape index (κ1) is 10.9. The fraction of sp³-hybridized carbons (Fsp3) is 0.273. The van der Waals surface area contributed by atoms with Gasteiger partial charge in [-0.2, -0.15) is 0 Å². The second-order valence-electron chi connectivity index (χ2n) is 2.28. The molecule has 0 rings (SSSR count). The predicted molar refractivity (Wildman–Crippen MR) is 53.9 cm³/mol. The zero-order valence-corrected chi connectivity index (χ0v) is 7.32. The summed E-state index contributed by atoms with van der Waals surface area (Å²) in [5.74, 6) is 0. The van der Waals surface area contributed by atoms with Crippen LogP contribution in [-0.2, 0) is 0 Å². The molecule has 0 atom stereocenters. The second kappa shape index (κ2) is 9.92. The van der Waals surface area contributed by atoms with Gasteiger partial charge in [-0.1, -0.05) is 49.1 Å². The van der Waals surface area contributed by atoms with Crippen LogP contribution in [0.2, 0.25) is 0 Å². The van der Waals surface area contributed by atoms with Gasteiger partial charge in [0.25, 0.3) is 0 Å². The highest BCUT2D eigenvalue weighted by Gasteiger charge is 1.73. The van der Waals surface area contributed by atoms with Crippen molar-refractivity contribution in [2.24, 2.45) is 0 Å². The number of allylic oxidation sites excluding steroid dienone is 6. The van der Waals surface area contributed by atoms with Crippen LogP contribution >= 0.6 is 0 Å². The van der Waals surface area contributed by atoms with Crippen LogP contribution in [0.15, 0.2) is 49.1 Å². The highest BCUT2D eigenvalue weighted by atomic mass is 16.2. The van der Waals surface area contributed by atoms with Gasteiger partial charge in [0.05, 0.1) is 6.61 Å². The van der Waals surface area contributed by atoms with Crippen molar-refractivity contribution in [2.75, 3.05) is 6.61 Å². The van der Waals surface area contributed by atoms with E-state index >= 15 is 0 Å². The monoisotopic (exact) mass is 164 g/mol. The lowest BCUT2D eigenvalue weighted by Crippen LogP contribution is -1.68. The minimum Gasteiger partial charge on any atom is -0.392 e. The second-order valence-corrected chi connectivity index (χ2v) is 2.28. The highest BCUT2D eigenvalue weighted by Crippen LogP contribution is 1.93. The Morgan fingerprint density at radius 2 is 1.50 bits per heavy atom. The molecule has 0 aliphatic carbocycles. The molecule has 0 heterocycles. The van der Waals surface area contributed by atoms with Gasteiger partial charge < -0.3 is 5.11 Å². The molecule has 0 saturated heterocycles. The molecule has 0 aromatic heterocycles. The van der Waals surface area contributed by atoms with E-state index in [1.165, 1.54) is 0 Å². The first-order valence-electron chi connectivity index (χ1n) is 4.12. The van der Waals surface area contributed by atoms with E-state index in [-0.39, 0.29) is 6.61 Å². The van der Waals surface area contributed by atoms with Crippen molar-refractivity contribution in [2.45, 2.75) is 12.8 Å². The minimum atomic E-state index is 0.112. The van der Waals surface area contributed by atoms with Crippen molar-refractivity contribution in [1.82, 2.24) is 0 Å². The fourth-order valence-corrected chi connectivity index (χ4v) is 0.699. The van der Waals surface area contributed by atoms with E-state index in [4.69, 9.17) is 5.11 Å². The van der Waals surface area contributed by atoms with E-state index in [2.05, 4.69) is 18.7 Å². The summed E-state index contributed by atoms with van der Waals surface area (Å²) >= 11 is 0. The summed E-state index contributed by atoms with van der Waals surface area (Å²) in [4.78, 5) is 0. The molecule has 0 amide bonds. The first-order valence-corrected chi connectivity index (χ1v) is 4.12. The summed E-state index contributed by atoms with van der Waals surface area (Å²) in [6.45, 7) is 3.69. The number of hydrogen-bond donors (Lipinski definition) is 1. The SMILES string of the molecule is C=C/C=C/CC/C=C/C=C/CO. The van der Waals surface area contributed by atoms with E-state index in [0.29, 0.717) is 0 Å². The van der Waals surface area contributed by atoms with Crippen LogP contribution in [0.25, 0.3) is 0 Å². The minimum absolute atomic E-state index is 0.112. The smallest absolute Gasteiger partial charge is 0.0615 e. The van der Waals surface area contributed by atoms with Gasteiger partial charge in [0.2, 0.25) is 0 Å². The number of hydrogen-bond acceptors (Lipinski definition) is 1. The molecule has 0 fully saturated rings. The molecule has 0 aromatic rings. The molecule has 0 aromatic carbocycles. The van der Waals surface area contributed by atoms with Crippen LogP contribution in [0.3, 0.4) is 0 Å². The number of rotatable bonds is 6. The molecule has 0 spiro atoms. The molecule has 1 nitrogen and oxygen atoms in total. The standard InChI is InChI=1S/C11H16O/c1-2-3-4-5-6-7-8-9-10-11-12/h2-4,7-10,12H,1,5-6,11H2/b4-3+,8-7+,10-9+. The summed E-state index contributed by atoms with van der Waals surface area (Å²) in [5, 5.41) is 8.40. The maximum absolute atomic E-state index is 8.40. The number of aliphatic hydroxyl groups excluding tert-OH is 1. The molecule has 1 N–H and O–H groups in total. The van der Waals surface area contributed by atoms with Gasteiger partial charge in [-0.3, -0.25) is 0 Å². The lowest BCUT2D eigenvalue weighted by atomic mass is 10.2. The lowest BCUT2D eigenvalue weighted by Gasteiger charge is -1.83. The van der Waals surface area contributed by atoms with Crippen LogP contribution < -0.4 is 0 Å². The van der Waals surface area contributed by atoms with Crippen LogP contribution in [0.1, 0.15) is 12.8 Å². The summed E-state index contributed by atoms with van der Waals surface area (Å²) in [6.07, 6.45) is 15.4. The van der Waals surface area contributed by atoms with Crippen molar-refractivity contribution >= 4 is 0 Å². The van der Waals surface area contributed by atoms with Crippen LogP contribution in [-0.4, -0.2) is 11.7 Å². The molecule has 0 aliphatic rings. The van der Waals surface area contributed by atoms with Crippen LogP contribution in [0, 0.1) is 0 Å². The summed E-state index contributed by atoms with van der Waals surface area (Å²) in [7, 11) is 0. The molecule has 0 aliphatic heterocycles. The van der Waals surface area contributed by atoms with Crippen LogP contribution in [0.5, 0.6) is 0 Å². The molecular formula is C11H16O. The largest absolute Gasteiger partial charge is 0.392 e. The normalized spacial score (nSPS) is 12.1. The predicted octanol–water partition coefficient (Wildman–Crippen LogP) is 2.61. The third-order valence-corrected chi connectivity index (χ3v) is 1.26. The number of unbranched alkanes of at least 4 members (excludes halogenated alkanes) is 1. The van der Waals surface area contributed by atoms with E-state index in [9.17, 15) is 0 Å². The van der Waals surface area contributed by atoms with Crippen molar-refractivity contribution in [3.63, 3.8) is 0 Å². The van der Waals surface area contributed by atoms with E-state index in [1.54, 1.807) is 12.2 Å². The third kappa shape index (κ3) is 8.92. The molecular weight excluding hydrogens is 148 g/mol. The topological polar surface area (TPSA) is 20.2 Å². The van der Waals surface area contributed by atoms with Gasteiger partial charge in [0, 0.05) is 0 Å². The van der Waals surface area contributed by atoms with Crippen molar-refractivity contribution < 1.29 is 5.11 Å². The third-order valence-electron chi connectivity index (χ3n) is 1.26. The van der Waals surface area contributed by atoms with Gasteiger partial charge in [-0.05, 0) is 12.8 Å². The van der Waals surface area contributed by atoms with Crippen molar-refractivity contribution in [1.29, 1.82) is 0 Å². The van der Waals surface area contributed by atoms with Crippen LogP contribution in [0.4, 0.5) is 0 Å². The maximum Gasteiger partial charge on any atom is 0.0615 e. The Kier molecular flexibility index (Phi) is 9.03. The molecule has 12 heavy (non-hydrogen) atoms. The van der Waals surface area contributed by atoms with Gasteiger partial charge >= 0.3 is 0 Å². The van der Waals surface area contributed by atoms with Crippen molar-refractivity contribution in [3.05, 3.63) is 49.1 Å². The fourth-order valence-electron chi connectivity index (χ4n) is 0.699. The summed E-state index contributed by atoms with van der Waals surface area (Å²) < 4.78 is 0. The zero-order chi connectivity index (χ0) is 9.07. The average Bonchev–Trinajstić information content (AvgIpc) is 2.10. The molecule has 0 saturated carbocycles. The lowest BCUT2D eigenvalue weighted by molar-refractivity contribution is 0.343. The molecule has 0 unspecified atom stereocenters. The van der Waals surface area contributed by atoms with Gasteiger partial charge in [0.15, 0.2) is 0 Å². The van der Waals surface area contributed by atoms with E-state index < -0.39 is 0 Å². The first-order chi connectivity index (χ1) is 5.91.